The maximum atomic E-state index is 10.4. The highest BCUT2D eigenvalue weighted by molar-refractivity contribution is 6.30. The molecule has 0 saturated carbocycles. The van der Waals surface area contributed by atoms with Crippen molar-refractivity contribution in [1.82, 2.24) is 5.16 Å². The zero-order chi connectivity index (χ0) is 8.43. The first-order valence-electron chi connectivity index (χ1n) is 3.04. The first-order valence-corrected chi connectivity index (χ1v) is 3.42. The number of hydrogen-bond donors (Lipinski definition) is 1. The molecule has 0 fully saturated rings. The van der Waals surface area contributed by atoms with Gasteiger partial charge in [-0.25, -0.2) is 4.79 Å². The third kappa shape index (κ3) is 1.35. The Bertz CT molecular complexity index is 281. The predicted molar refractivity (Wildman–Crippen MR) is 37.9 cm³/mol. The van der Waals surface area contributed by atoms with Crippen LogP contribution in [-0.2, 0) is 6.42 Å². The van der Waals surface area contributed by atoms with Crippen LogP contribution < -0.4 is 0 Å². The second kappa shape index (κ2) is 2.92. The summed E-state index contributed by atoms with van der Waals surface area (Å²) >= 11 is 5.52. The highest BCUT2D eigenvalue weighted by Crippen LogP contribution is 2.19. The van der Waals surface area contributed by atoms with E-state index >= 15 is 0 Å². The maximum absolute atomic E-state index is 10.4. The lowest BCUT2D eigenvalue weighted by Crippen LogP contribution is -1.97. The van der Waals surface area contributed by atoms with Crippen molar-refractivity contribution in [3.8, 4) is 0 Å². The molecule has 4 nitrogen and oxygen atoms in total. The van der Waals surface area contributed by atoms with Gasteiger partial charge in [-0.3, -0.25) is 0 Å². The zero-order valence-corrected chi connectivity index (χ0v) is 6.55. The van der Waals surface area contributed by atoms with Crippen LogP contribution in [0.15, 0.2) is 4.52 Å². The van der Waals surface area contributed by atoms with Crippen LogP contribution in [-0.4, -0.2) is 16.2 Å². The van der Waals surface area contributed by atoms with E-state index in [9.17, 15) is 4.79 Å². The average molecular weight is 176 g/mol. The van der Waals surface area contributed by atoms with Crippen molar-refractivity contribution >= 4 is 17.6 Å². The van der Waals surface area contributed by atoms with E-state index in [2.05, 4.69) is 9.68 Å². The molecule has 0 saturated heterocycles. The summed E-state index contributed by atoms with van der Waals surface area (Å²) in [6.45, 7) is 1.78. The van der Waals surface area contributed by atoms with Crippen molar-refractivity contribution in [3.05, 3.63) is 16.5 Å². The number of rotatable bonds is 2. The van der Waals surface area contributed by atoms with Crippen LogP contribution in [0.5, 0.6) is 0 Å². The Balaban J connectivity index is 3.15. The molecule has 0 aliphatic heterocycles. The Labute approximate surface area is 67.8 Å². The van der Waals surface area contributed by atoms with Crippen LogP contribution in [0.2, 0.25) is 5.15 Å². The number of aromatic carboxylic acids is 1. The van der Waals surface area contributed by atoms with E-state index in [0.29, 0.717) is 12.0 Å². The molecule has 0 atom stereocenters. The van der Waals surface area contributed by atoms with Gasteiger partial charge in [-0.05, 0) is 6.42 Å². The van der Waals surface area contributed by atoms with Gasteiger partial charge in [-0.1, -0.05) is 23.7 Å². The van der Waals surface area contributed by atoms with Gasteiger partial charge in [0.1, 0.15) is 0 Å². The molecule has 60 valence electrons. The number of hydrogen-bond acceptors (Lipinski definition) is 3. The first kappa shape index (κ1) is 8.07. The standard InChI is InChI=1S/C6H6ClNO3/c1-2-3-4(6(9)10)11-8-5(3)7/h2H2,1H3,(H,9,10). The number of aromatic nitrogens is 1. The number of halogens is 1. The van der Waals surface area contributed by atoms with Gasteiger partial charge in [-0.2, -0.15) is 0 Å². The van der Waals surface area contributed by atoms with E-state index in [1.54, 1.807) is 6.92 Å². The van der Waals surface area contributed by atoms with Crippen LogP contribution in [0.4, 0.5) is 0 Å². The molecule has 1 heterocycles. The monoisotopic (exact) mass is 175 g/mol. The minimum absolute atomic E-state index is 0.130. The Morgan fingerprint density at radius 2 is 2.45 bits per heavy atom. The molecule has 0 bridgehead atoms. The Kier molecular flexibility index (Phi) is 2.14. The smallest absolute Gasteiger partial charge is 0.375 e. The second-order valence-corrected chi connectivity index (χ2v) is 2.30. The number of nitrogens with zero attached hydrogens (tertiary/aromatic N) is 1. The molecule has 0 spiro atoms. The van der Waals surface area contributed by atoms with Crippen molar-refractivity contribution in [2.45, 2.75) is 13.3 Å². The molecule has 0 aliphatic rings. The Morgan fingerprint density at radius 1 is 1.82 bits per heavy atom. The normalized spacial score (nSPS) is 10.0. The lowest BCUT2D eigenvalue weighted by atomic mass is 10.2. The third-order valence-corrected chi connectivity index (χ3v) is 1.59. The van der Waals surface area contributed by atoms with Crippen molar-refractivity contribution in [2.75, 3.05) is 0 Å². The van der Waals surface area contributed by atoms with Crippen molar-refractivity contribution < 1.29 is 14.4 Å². The molecule has 1 aromatic heterocycles. The zero-order valence-electron chi connectivity index (χ0n) is 5.80. The molecule has 0 radical (unpaired) electrons. The molecule has 0 aromatic carbocycles. The van der Waals surface area contributed by atoms with E-state index in [4.69, 9.17) is 16.7 Å². The van der Waals surface area contributed by atoms with E-state index in [1.807, 2.05) is 0 Å². The lowest BCUT2D eigenvalue weighted by Gasteiger charge is -1.89. The first-order chi connectivity index (χ1) is 5.16. The summed E-state index contributed by atoms with van der Waals surface area (Å²) in [4.78, 5) is 10.4. The third-order valence-electron chi connectivity index (χ3n) is 1.29. The molecular formula is C6H6ClNO3. The number of carboxylic acids is 1. The summed E-state index contributed by atoms with van der Waals surface area (Å²) < 4.78 is 4.47. The highest BCUT2D eigenvalue weighted by atomic mass is 35.5. The van der Waals surface area contributed by atoms with Gasteiger partial charge in [0, 0.05) is 5.56 Å². The summed E-state index contributed by atoms with van der Waals surface area (Å²) in [5.41, 5.74) is 0.444. The Hall–Kier alpha value is -1.03. The molecule has 1 N–H and O–H groups in total. The summed E-state index contributed by atoms with van der Waals surface area (Å²) in [5.74, 6) is -1.31. The molecule has 5 heteroatoms. The maximum Gasteiger partial charge on any atom is 0.375 e. The number of carboxylic acid groups (broad SMARTS) is 1. The fourth-order valence-electron chi connectivity index (χ4n) is 0.764. The van der Waals surface area contributed by atoms with Crippen molar-refractivity contribution in [2.24, 2.45) is 0 Å². The molecular weight excluding hydrogens is 170 g/mol. The summed E-state index contributed by atoms with van der Waals surface area (Å²) in [7, 11) is 0. The fourth-order valence-corrected chi connectivity index (χ4v) is 1.02. The number of carbonyl (C=O) groups is 1. The molecule has 0 amide bonds. The van der Waals surface area contributed by atoms with Gasteiger partial charge >= 0.3 is 5.97 Å². The van der Waals surface area contributed by atoms with Crippen LogP contribution in [0.1, 0.15) is 23.0 Å². The summed E-state index contributed by atoms with van der Waals surface area (Å²) in [6, 6.07) is 0. The van der Waals surface area contributed by atoms with Crippen LogP contribution >= 0.6 is 11.6 Å². The predicted octanol–water partition coefficient (Wildman–Crippen LogP) is 1.59. The van der Waals surface area contributed by atoms with E-state index < -0.39 is 5.97 Å². The molecule has 11 heavy (non-hydrogen) atoms. The average Bonchev–Trinajstić information content (AvgIpc) is 2.30. The molecule has 0 unspecified atom stereocenters. The van der Waals surface area contributed by atoms with Gasteiger partial charge in [0.15, 0.2) is 5.15 Å². The lowest BCUT2D eigenvalue weighted by molar-refractivity contribution is 0.0650. The van der Waals surface area contributed by atoms with Gasteiger partial charge in [0.2, 0.25) is 5.76 Å². The fraction of sp³-hybridized carbons (Fsp3) is 0.333. The van der Waals surface area contributed by atoms with Crippen molar-refractivity contribution in [1.29, 1.82) is 0 Å². The quantitative estimate of drug-likeness (QED) is 0.742. The van der Waals surface area contributed by atoms with Gasteiger partial charge < -0.3 is 9.63 Å². The summed E-state index contributed by atoms with van der Waals surface area (Å²) in [5, 5.41) is 12.0. The van der Waals surface area contributed by atoms with Crippen molar-refractivity contribution in [3.63, 3.8) is 0 Å². The largest absolute Gasteiger partial charge is 0.475 e. The molecule has 1 aromatic rings. The van der Waals surface area contributed by atoms with Crippen LogP contribution in [0.3, 0.4) is 0 Å². The minimum atomic E-state index is -1.14. The van der Waals surface area contributed by atoms with E-state index in [1.165, 1.54) is 0 Å². The summed E-state index contributed by atoms with van der Waals surface area (Å²) in [6.07, 6.45) is 0.504. The molecule has 1 rings (SSSR count). The van der Waals surface area contributed by atoms with Gasteiger partial charge in [0.25, 0.3) is 0 Å². The Morgan fingerprint density at radius 3 is 2.82 bits per heavy atom. The minimum Gasteiger partial charge on any atom is -0.475 e. The SMILES string of the molecule is CCc1c(Cl)noc1C(=O)O. The topological polar surface area (TPSA) is 63.3 Å². The van der Waals surface area contributed by atoms with Crippen LogP contribution in [0.25, 0.3) is 0 Å². The second-order valence-electron chi connectivity index (χ2n) is 1.94. The van der Waals surface area contributed by atoms with E-state index in [-0.39, 0.29) is 10.9 Å². The van der Waals surface area contributed by atoms with Gasteiger partial charge in [0.05, 0.1) is 0 Å². The molecule has 0 aliphatic carbocycles. The van der Waals surface area contributed by atoms with Gasteiger partial charge in [-0.15, -0.1) is 0 Å². The van der Waals surface area contributed by atoms with Crippen LogP contribution in [0, 0.1) is 0 Å². The highest BCUT2D eigenvalue weighted by Gasteiger charge is 2.18. The van der Waals surface area contributed by atoms with E-state index in [0.717, 1.165) is 0 Å².